The van der Waals surface area contributed by atoms with Crippen LogP contribution >= 0.6 is 0 Å². The zero-order valence-corrected chi connectivity index (χ0v) is 13.8. The normalized spacial score (nSPS) is 29.6. The molecule has 4 unspecified atom stereocenters. The van der Waals surface area contributed by atoms with Crippen molar-refractivity contribution < 1.29 is 25.3 Å². The number of aliphatic hydroxyl groups is 3. The molecule has 4 rings (SSSR count). The zero-order valence-electron chi connectivity index (χ0n) is 13.8. The van der Waals surface area contributed by atoms with Crippen LogP contribution in [0.2, 0.25) is 0 Å². The number of ether oxygens (including phenoxy) is 1. The SMILES string of the molecule is O=c1c2c(nnn1C1OC(CO)C(O)C1O)c(N1CCCCC1)nn2O. The third kappa shape index (κ3) is 2.53. The van der Waals surface area contributed by atoms with E-state index < -0.39 is 36.7 Å². The Balaban J connectivity index is 1.76. The van der Waals surface area contributed by atoms with E-state index in [0.29, 0.717) is 10.7 Å². The first kappa shape index (κ1) is 17.1. The molecule has 0 bridgehead atoms. The van der Waals surface area contributed by atoms with E-state index >= 15 is 0 Å². The minimum Gasteiger partial charge on any atom is -0.411 e. The highest BCUT2D eigenvalue weighted by Gasteiger charge is 2.45. The number of hydrogen-bond acceptors (Lipinski definition) is 10. The molecule has 0 amide bonds. The van der Waals surface area contributed by atoms with Crippen LogP contribution in [0, 0.1) is 0 Å². The van der Waals surface area contributed by atoms with E-state index in [9.17, 15) is 25.3 Å². The fraction of sp³-hybridized carbons (Fsp3) is 0.714. The fourth-order valence-corrected chi connectivity index (χ4v) is 3.48. The van der Waals surface area contributed by atoms with Gasteiger partial charge in [0.25, 0.3) is 0 Å². The van der Waals surface area contributed by atoms with E-state index in [1.807, 2.05) is 4.90 Å². The summed E-state index contributed by atoms with van der Waals surface area (Å²) in [6.45, 7) is 0.952. The molecule has 2 aromatic heterocycles. The van der Waals surface area contributed by atoms with Crippen molar-refractivity contribution in [2.75, 3.05) is 24.6 Å². The first-order valence-corrected chi connectivity index (χ1v) is 8.48. The number of aliphatic hydroxyl groups excluding tert-OH is 3. The Morgan fingerprint density at radius 1 is 1.15 bits per heavy atom. The second-order valence-electron chi connectivity index (χ2n) is 6.53. The van der Waals surface area contributed by atoms with E-state index in [1.165, 1.54) is 0 Å². The van der Waals surface area contributed by atoms with Gasteiger partial charge in [0.2, 0.25) is 0 Å². The summed E-state index contributed by atoms with van der Waals surface area (Å²) in [6, 6.07) is 0. The summed E-state index contributed by atoms with van der Waals surface area (Å²) in [5.41, 5.74) is -0.816. The molecule has 12 nitrogen and oxygen atoms in total. The molecule has 12 heteroatoms. The highest BCUT2D eigenvalue weighted by atomic mass is 16.6. The number of nitrogens with zero attached hydrogens (tertiary/aromatic N) is 6. The standard InChI is InChI=1S/C14H20N6O6/c21-6-7-10(22)11(23)14(26-7)19-13(24)9-8(15-17-19)12(16-20(9)25)18-4-2-1-3-5-18/h7,10-11,14,21-23,25H,1-6H2. The van der Waals surface area contributed by atoms with E-state index in [2.05, 4.69) is 15.4 Å². The second kappa shape index (κ2) is 6.46. The van der Waals surface area contributed by atoms with E-state index in [-0.39, 0.29) is 11.0 Å². The average Bonchev–Trinajstić information content (AvgIpc) is 3.14. The molecule has 2 aliphatic rings. The Labute approximate surface area is 146 Å². The molecule has 2 fully saturated rings. The summed E-state index contributed by atoms with van der Waals surface area (Å²) in [5, 5.41) is 51.0. The summed E-state index contributed by atoms with van der Waals surface area (Å²) < 4.78 is 6.04. The Bertz CT molecular complexity index is 861. The van der Waals surface area contributed by atoms with Crippen LogP contribution in [0.4, 0.5) is 5.82 Å². The van der Waals surface area contributed by atoms with Gasteiger partial charge in [-0.05, 0) is 19.3 Å². The lowest BCUT2D eigenvalue weighted by molar-refractivity contribution is -0.0620. The van der Waals surface area contributed by atoms with Crippen molar-refractivity contribution in [1.82, 2.24) is 24.9 Å². The van der Waals surface area contributed by atoms with Crippen molar-refractivity contribution in [3.8, 4) is 0 Å². The van der Waals surface area contributed by atoms with Crippen molar-refractivity contribution in [3.05, 3.63) is 10.4 Å². The minimum absolute atomic E-state index is 0.155. The lowest BCUT2D eigenvalue weighted by Gasteiger charge is -2.26. The first-order valence-electron chi connectivity index (χ1n) is 8.48. The topological polar surface area (TPSA) is 159 Å². The van der Waals surface area contributed by atoms with Crippen LogP contribution in [0.25, 0.3) is 11.0 Å². The average molecular weight is 368 g/mol. The zero-order chi connectivity index (χ0) is 18.4. The molecule has 4 N–H and O–H groups in total. The largest absolute Gasteiger partial charge is 0.411 e. The van der Waals surface area contributed by atoms with Gasteiger partial charge in [-0.1, -0.05) is 10.1 Å². The van der Waals surface area contributed by atoms with Crippen molar-refractivity contribution in [3.63, 3.8) is 0 Å². The molecule has 2 aromatic rings. The molecule has 4 atom stereocenters. The van der Waals surface area contributed by atoms with Gasteiger partial charge in [-0.15, -0.1) is 10.2 Å². The first-order chi connectivity index (χ1) is 12.5. The minimum atomic E-state index is -1.48. The van der Waals surface area contributed by atoms with Gasteiger partial charge in [0.05, 0.1) is 6.61 Å². The maximum Gasteiger partial charge on any atom is 0.302 e. The number of hydrogen-bond donors (Lipinski definition) is 4. The predicted molar refractivity (Wildman–Crippen MR) is 85.8 cm³/mol. The lowest BCUT2D eigenvalue weighted by atomic mass is 10.1. The monoisotopic (exact) mass is 368 g/mol. The number of piperidine rings is 1. The van der Waals surface area contributed by atoms with E-state index in [0.717, 1.165) is 37.0 Å². The number of anilines is 1. The molecule has 4 heterocycles. The van der Waals surface area contributed by atoms with Gasteiger partial charge >= 0.3 is 5.56 Å². The highest BCUT2D eigenvalue weighted by molar-refractivity contribution is 5.85. The molecule has 2 aliphatic heterocycles. The van der Waals surface area contributed by atoms with Crippen molar-refractivity contribution in [1.29, 1.82) is 0 Å². The van der Waals surface area contributed by atoms with E-state index in [4.69, 9.17) is 4.74 Å². The molecular weight excluding hydrogens is 348 g/mol. The molecule has 0 aromatic carbocycles. The van der Waals surface area contributed by atoms with Gasteiger partial charge in [0, 0.05) is 13.1 Å². The number of aromatic nitrogens is 5. The van der Waals surface area contributed by atoms with Gasteiger partial charge in [0.1, 0.15) is 18.3 Å². The molecule has 142 valence electrons. The third-order valence-electron chi connectivity index (χ3n) is 4.89. The van der Waals surface area contributed by atoms with Gasteiger partial charge in [-0.3, -0.25) is 4.79 Å². The highest BCUT2D eigenvalue weighted by Crippen LogP contribution is 2.29. The van der Waals surface area contributed by atoms with Gasteiger partial charge < -0.3 is 30.2 Å². The predicted octanol–water partition coefficient (Wildman–Crippen LogP) is -2.17. The smallest absolute Gasteiger partial charge is 0.302 e. The molecule has 26 heavy (non-hydrogen) atoms. The Morgan fingerprint density at radius 3 is 2.54 bits per heavy atom. The summed E-state index contributed by atoms with van der Waals surface area (Å²) in [7, 11) is 0. The van der Waals surface area contributed by atoms with Crippen LogP contribution in [0.5, 0.6) is 0 Å². The van der Waals surface area contributed by atoms with Crippen LogP contribution in [-0.2, 0) is 4.74 Å². The van der Waals surface area contributed by atoms with Gasteiger partial charge in [-0.25, -0.2) is 0 Å². The van der Waals surface area contributed by atoms with Crippen molar-refractivity contribution in [2.45, 2.75) is 43.8 Å². The number of fused-ring (bicyclic) bond motifs is 1. The maximum atomic E-state index is 12.8. The summed E-state index contributed by atoms with van der Waals surface area (Å²) >= 11 is 0. The van der Waals surface area contributed by atoms with Crippen LogP contribution in [0.3, 0.4) is 0 Å². The summed E-state index contributed by atoms with van der Waals surface area (Å²) in [4.78, 5) is 15.2. The van der Waals surface area contributed by atoms with E-state index in [1.54, 1.807) is 0 Å². The molecule has 0 saturated carbocycles. The Morgan fingerprint density at radius 2 is 1.88 bits per heavy atom. The second-order valence-corrected chi connectivity index (χ2v) is 6.53. The molecule has 0 radical (unpaired) electrons. The quantitative estimate of drug-likeness (QED) is 0.439. The number of rotatable bonds is 3. The third-order valence-corrected chi connectivity index (χ3v) is 4.89. The summed E-state index contributed by atoms with van der Waals surface area (Å²) in [5.74, 6) is 0.375. The van der Waals surface area contributed by atoms with Crippen LogP contribution in [-0.4, -0.2) is 83.5 Å². The lowest BCUT2D eigenvalue weighted by Crippen LogP contribution is -2.37. The van der Waals surface area contributed by atoms with Gasteiger partial charge in [0.15, 0.2) is 23.1 Å². The van der Waals surface area contributed by atoms with Crippen molar-refractivity contribution in [2.24, 2.45) is 0 Å². The Hall–Kier alpha value is -2.28. The molecule has 0 aliphatic carbocycles. The molecular formula is C14H20N6O6. The van der Waals surface area contributed by atoms with Crippen molar-refractivity contribution >= 4 is 16.9 Å². The molecule has 2 saturated heterocycles. The van der Waals surface area contributed by atoms with Crippen LogP contribution in [0.1, 0.15) is 25.5 Å². The van der Waals surface area contributed by atoms with Crippen LogP contribution in [0.15, 0.2) is 4.79 Å². The Kier molecular flexibility index (Phi) is 4.26. The summed E-state index contributed by atoms with van der Waals surface area (Å²) in [6.07, 6.45) is -2.18. The van der Waals surface area contributed by atoms with Crippen LogP contribution < -0.4 is 10.5 Å². The van der Waals surface area contributed by atoms with Gasteiger partial charge in [-0.2, -0.15) is 4.68 Å². The fourth-order valence-electron chi connectivity index (χ4n) is 3.48. The maximum absolute atomic E-state index is 12.8. The molecule has 0 spiro atoms.